The van der Waals surface area contributed by atoms with Gasteiger partial charge in [0.2, 0.25) is 6.29 Å². The summed E-state index contributed by atoms with van der Waals surface area (Å²) in [6, 6.07) is 0. The molecule has 0 bridgehead atoms. The number of rotatable bonds is 13. The fourth-order valence-corrected chi connectivity index (χ4v) is 4.95. The van der Waals surface area contributed by atoms with E-state index in [-0.39, 0.29) is 0 Å². The van der Waals surface area contributed by atoms with Crippen molar-refractivity contribution in [2.24, 2.45) is 0 Å². The van der Waals surface area contributed by atoms with Crippen LogP contribution in [-0.2, 0) is 22.8 Å². The Morgan fingerprint density at radius 2 is 1.58 bits per heavy atom. The van der Waals surface area contributed by atoms with Crippen molar-refractivity contribution in [1.29, 1.82) is 0 Å². The molecule has 0 saturated carbocycles. The zero-order valence-corrected chi connectivity index (χ0v) is 16.8. The first-order valence-electron chi connectivity index (χ1n) is 8.50. The first kappa shape index (κ1) is 23.1. The van der Waals surface area contributed by atoms with Gasteiger partial charge >= 0.3 is 14.9 Å². The van der Waals surface area contributed by atoms with E-state index in [4.69, 9.17) is 22.8 Å². The first-order chi connectivity index (χ1) is 11.3. The van der Waals surface area contributed by atoms with Crippen LogP contribution in [0.4, 0.5) is 4.79 Å². The summed E-state index contributed by atoms with van der Waals surface area (Å²) in [5.41, 5.74) is 0.464. The third-order valence-corrected chi connectivity index (χ3v) is 6.48. The maximum Gasteiger partial charge on any atom is 0.524 e. The van der Waals surface area contributed by atoms with Crippen molar-refractivity contribution in [3.8, 4) is 0 Å². The Kier molecular flexibility index (Phi) is 11.9. The van der Waals surface area contributed by atoms with Crippen molar-refractivity contribution in [3.63, 3.8) is 0 Å². The van der Waals surface area contributed by atoms with E-state index in [1.165, 1.54) is 0 Å². The van der Waals surface area contributed by atoms with E-state index in [0.29, 0.717) is 32.8 Å². The summed E-state index contributed by atoms with van der Waals surface area (Å²) in [6.07, 6.45) is -0.670. The lowest BCUT2D eigenvalue weighted by Gasteiger charge is -2.35. The molecule has 0 aromatic rings. The standard InChI is InChI=1S/C16H33NO6Si/c1-8-15(24(20-9-2,21-10-3)22-11-4)17-16(18)23-14(7)19-12-13(5)6/h14-15H,5,8-12H2,1-4,6-7H3,(H,17,18). The highest BCUT2D eigenvalue weighted by Crippen LogP contribution is 2.18. The molecule has 8 heteroatoms. The molecule has 0 spiro atoms. The van der Waals surface area contributed by atoms with Gasteiger partial charge < -0.3 is 28.1 Å². The molecule has 2 atom stereocenters. The third-order valence-electron chi connectivity index (χ3n) is 3.00. The second-order valence-corrected chi connectivity index (χ2v) is 8.02. The van der Waals surface area contributed by atoms with Gasteiger partial charge in [0.05, 0.1) is 6.61 Å². The SMILES string of the molecule is C=C(C)COC(C)OC(=O)NC(CC)[Si](OCC)(OCC)OCC. The van der Waals surface area contributed by atoms with Crippen LogP contribution in [0.3, 0.4) is 0 Å². The van der Waals surface area contributed by atoms with Crippen LogP contribution >= 0.6 is 0 Å². The van der Waals surface area contributed by atoms with Crippen LogP contribution in [0.15, 0.2) is 12.2 Å². The molecule has 1 amide bonds. The van der Waals surface area contributed by atoms with Gasteiger partial charge in [0.25, 0.3) is 0 Å². The maximum atomic E-state index is 12.1. The van der Waals surface area contributed by atoms with Gasteiger partial charge in [0.15, 0.2) is 0 Å². The van der Waals surface area contributed by atoms with Gasteiger partial charge in [-0.3, -0.25) is 0 Å². The molecule has 2 unspecified atom stereocenters. The van der Waals surface area contributed by atoms with Gasteiger partial charge in [-0.25, -0.2) is 4.79 Å². The molecule has 1 N–H and O–H groups in total. The minimum absolute atomic E-state index is 0.335. The van der Waals surface area contributed by atoms with Crippen LogP contribution in [0.25, 0.3) is 0 Å². The van der Waals surface area contributed by atoms with Gasteiger partial charge in [-0.15, -0.1) is 0 Å². The molecule has 0 aliphatic heterocycles. The Morgan fingerprint density at radius 3 is 1.96 bits per heavy atom. The second kappa shape index (κ2) is 12.4. The average Bonchev–Trinajstić information content (AvgIpc) is 2.51. The molecular formula is C16H33NO6Si. The molecule has 7 nitrogen and oxygen atoms in total. The lowest BCUT2D eigenvalue weighted by molar-refractivity contribution is -0.0841. The molecule has 0 aromatic heterocycles. The molecule has 0 radical (unpaired) electrons. The van der Waals surface area contributed by atoms with Gasteiger partial charge in [-0.05, 0) is 41.0 Å². The topological polar surface area (TPSA) is 75.3 Å². The summed E-state index contributed by atoms with van der Waals surface area (Å²) in [6.45, 7) is 16.4. The van der Waals surface area contributed by atoms with Crippen LogP contribution in [-0.4, -0.2) is 53.3 Å². The summed E-state index contributed by atoms with van der Waals surface area (Å²) in [7, 11) is -3.04. The van der Waals surface area contributed by atoms with E-state index < -0.39 is 26.9 Å². The predicted octanol–water partition coefficient (Wildman–Crippen LogP) is 3.02. The Labute approximate surface area is 147 Å². The minimum atomic E-state index is -3.04. The number of amides is 1. The molecule has 24 heavy (non-hydrogen) atoms. The van der Waals surface area contributed by atoms with Gasteiger partial charge in [-0.2, -0.15) is 0 Å². The summed E-state index contributed by atoms with van der Waals surface area (Å²) in [5, 5.41) is 2.80. The van der Waals surface area contributed by atoms with Crippen molar-refractivity contribution >= 4 is 14.9 Å². The molecule has 0 aliphatic rings. The van der Waals surface area contributed by atoms with Crippen molar-refractivity contribution in [1.82, 2.24) is 5.32 Å². The number of hydrogen-bond donors (Lipinski definition) is 1. The van der Waals surface area contributed by atoms with E-state index >= 15 is 0 Å². The normalized spacial score (nSPS) is 14.1. The Hall–Kier alpha value is -0.933. The summed E-state index contributed by atoms with van der Waals surface area (Å²) >= 11 is 0. The molecule has 0 aromatic carbocycles. The zero-order chi connectivity index (χ0) is 18.6. The molecular weight excluding hydrogens is 330 g/mol. The van der Waals surface area contributed by atoms with Crippen molar-refractivity contribution in [3.05, 3.63) is 12.2 Å². The zero-order valence-electron chi connectivity index (χ0n) is 15.8. The van der Waals surface area contributed by atoms with Gasteiger partial charge in [-0.1, -0.05) is 19.1 Å². The maximum absolute atomic E-state index is 12.1. The van der Waals surface area contributed by atoms with Gasteiger partial charge in [0.1, 0.15) is 5.67 Å². The number of carbonyl (C=O) groups excluding carboxylic acids is 1. The molecule has 0 aliphatic carbocycles. The molecule has 142 valence electrons. The van der Waals surface area contributed by atoms with Crippen LogP contribution in [0.1, 0.15) is 48.0 Å². The minimum Gasteiger partial charge on any atom is -0.420 e. The molecule has 0 fully saturated rings. The average molecular weight is 364 g/mol. The van der Waals surface area contributed by atoms with Crippen LogP contribution in [0.2, 0.25) is 0 Å². The summed E-state index contributed by atoms with van der Waals surface area (Å²) < 4.78 is 28.0. The number of nitrogens with one attached hydrogen (secondary N) is 1. The predicted molar refractivity (Wildman–Crippen MR) is 94.6 cm³/mol. The fourth-order valence-electron chi connectivity index (χ4n) is 2.09. The lowest BCUT2D eigenvalue weighted by atomic mass is 10.4. The smallest absolute Gasteiger partial charge is 0.420 e. The fraction of sp³-hybridized carbons (Fsp3) is 0.812. The van der Waals surface area contributed by atoms with Gasteiger partial charge in [0, 0.05) is 19.8 Å². The number of carbonyl (C=O) groups is 1. The van der Waals surface area contributed by atoms with Crippen LogP contribution in [0.5, 0.6) is 0 Å². The van der Waals surface area contributed by atoms with Crippen LogP contribution in [0, 0.1) is 0 Å². The number of hydrogen-bond acceptors (Lipinski definition) is 6. The highest BCUT2D eigenvalue weighted by atomic mass is 28.4. The van der Waals surface area contributed by atoms with Crippen LogP contribution < -0.4 is 5.32 Å². The monoisotopic (exact) mass is 363 g/mol. The highest BCUT2D eigenvalue weighted by molar-refractivity contribution is 6.62. The van der Waals surface area contributed by atoms with E-state index in [0.717, 1.165) is 5.57 Å². The van der Waals surface area contributed by atoms with Crippen molar-refractivity contribution in [2.75, 3.05) is 26.4 Å². The number of alkyl carbamates (subject to hydrolysis) is 1. The number of ether oxygens (including phenoxy) is 2. The Morgan fingerprint density at radius 1 is 1.08 bits per heavy atom. The summed E-state index contributed by atoms with van der Waals surface area (Å²) in [5.74, 6) is 0. The highest BCUT2D eigenvalue weighted by Gasteiger charge is 2.49. The van der Waals surface area contributed by atoms with Crippen molar-refractivity contribution in [2.45, 2.75) is 59.9 Å². The van der Waals surface area contributed by atoms with E-state index in [2.05, 4.69) is 11.9 Å². The Balaban J connectivity index is 4.87. The quantitative estimate of drug-likeness (QED) is 0.308. The van der Waals surface area contributed by atoms with E-state index in [1.807, 2.05) is 34.6 Å². The molecule has 0 heterocycles. The Bertz CT molecular complexity index is 363. The third kappa shape index (κ3) is 8.25. The second-order valence-electron chi connectivity index (χ2n) is 5.25. The first-order valence-corrected chi connectivity index (χ1v) is 10.3. The largest absolute Gasteiger partial charge is 0.524 e. The van der Waals surface area contributed by atoms with Crippen molar-refractivity contribution < 1.29 is 27.5 Å². The molecule has 0 rings (SSSR count). The van der Waals surface area contributed by atoms with E-state index in [1.54, 1.807) is 6.92 Å². The summed E-state index contributed by atoms with van der Waals surface area (Å²) in [4.78, 5) is 12.1. The lowest BCUT2D eigenvalue weighted by Crippen LogP contribution is -2.63. The molecule has 0 saturated heterocycles. The van der Waals surface area contributed by atoms with E-state index in [9.17, 15) is 4.79 Å².